The first-order valence-electron chi connectivity index (χ1n) is 12.2. The van der Waals surface area contributed by atoms with Crippen molar-refractivity contribution in [3.05, 3.63) is 90.0 Å². The number of esters is 1. The van der Waals surface area contributed by atoms with Crippen molar-refractivity contribution < 1.29 is 22.7 Å². The van der Waals surface area contributed by atoms with Crippen LogP contribution in [0.2, 0.25) is 0 Å². The molecule has 2 heterocycles. The number of carbonyl (C=O) groups is 2. The van der Waals surface area contributed by atoms with E-state index in [1.807, 2.05) is 73.1 Å². The first-order valence-corrected chi connectivity index (χ1v) is 13.6. The van der Waals surface area contributed by atoms with Gasteiger partial charge in [-0.15, -0.1) is 0 Å². The second-order valence-corrected chi connectivity index (χ2v) is 11.2. The molecule has 1 fully saturated rings. The van der Waals surface area contributed by atoms with E-state index in [1.165, 1.54) is 4.31 Å². The Kier molecular flexibility index (Phi) is 6.70. The lowest BCUT2D eigenvalue weighted by molar-refractivity contribution is -0.146. The average molecular weight is 517 g/mol. The molecule has 0 bridgehead atoms. The highest BCUT2D eigenvalue weighted by molar-refractivity contribution is 7.89. The molecule has 1 aliphatic heterocycles. The molecule has 1 aliphatic rings. The molecule has 4 aromatic rings. The normalized spacial score (nSPS) is 16.2. The number of sulfonamides is 1. The summed E-state index contributed by atoms with van der Waals surface area (Å²) in [6.45, 7) is 1.63. The predicted octanol–water partition coefficient (Wildman–Crippen LogP) is 4.73. The van der Waals surface area contributed by atoms with Crippen LogP contribution in [0.3, 0.4) is 0 Å². The molecule has 0 radical (unpaired) electrons. The summed E-state index contributed by atoms with van der Waals surface area (Å²) < 4.78 is 35.1. The van der Waals surface area contributed by atoms with Gasteiger partial charge in [-0.25, -0.2) is 8.42 Å². The Morgan fingerprint density at radius 3 is 2.35 bits per heavy atom. The van der Waals surface area contributed by atoms with Crippen molar-refractivity contribution in [2.24, 2.45) is 7.05 Å². The van der Waals surface area contributed by atoms with E-state index < -0.39 is 28.6 Å². The van der Waals surface area contributed by atoms with Crippen LogP contribution in [0.5, 0.6) is 0 Å². The number of fused-ring (bicyclic) bond motifs is 1. The van der Waals surface area contributed by atoms with Gasteiger partial charge in [0.25, 0.3) is 0 Å². The van der Waals surface area contributed by atoms with Gasteiger partial charge in [-0.2, -0.15) is 4.31 Å². The first-order chi connectivity index (χ1) is 17.8. The first kappa shape index (κ1) is 24.9. The highest BCUT2D eigenvalue weighted by atomic mass is 32.2. The SMILES string of the molecule is Cc1ccc(S(=O)(=O)N2CCC[C@H]2C(=O)OCC(=O)c2c(-c3ccccc3)n(C)c3ccccc23)cc1. The number of ether oxygens (including phenoxy) is 1. The molecule has 37 heavy (non-hydrogen) atoms. The van der Waals surface area contributed by atoms with E-state index >= 15 is 0 Å². The van der Waals surface area contributed by atoms with Gasteiger partial charge in [0, 0.05) is 24.5 Å². The summed E-state index contributed by atoms with van der Waals surface area (Å²) in [5.74, 6) is -1.04. The van der Waals surface area contributed by atoms with Crippen molar-refractivity contribution in [3.63, 3.8) is 0 Å². The Hall–Kier alpha value is -3.75. The number of ketones is 1. The lowest BCUT2D eigenvalue weighted by atomic mass is 10.0. The smallest absolute Gasteiger partial charge is 0.324 e. The molecule has 0 saturated carbocycles. The molecule has 1 atom stereocenters. The number of nitrogens with zero attached hydrogens (tertiary/aromatic N) is 2. The molecule has 0 aliphatic carbocycles. The minimum Gasteiger partial charge on any atom is -0.456 e. The lowest BCUT2D eigenvalue weighted by Gasteiger charge is -2.22. The maximum atomic E-state index is 13.5. The fourth-order valence-corrected chi connectivity index (χ4v) is 6.67. The Bertz CT molecular complexity index is 1570. The number of hydrogen-bond donors (Lipinski definition) is 0. The number of Topliss-reactive ketones (excluding diaryl/α,β-unsaturated/α-hetero) is 1. The number of rotatable bonds is 7. The lowest BCUT2D eigenvalue weighted by Crippen LogP contribution is -2.41. The van der Waals surface area contributed by atoms with Gasteiger partial charge in [-0.1, -0.05) is 66.2 Å². The van der Waals surface area contributed by atoms with E-state index in [9.17, 15) is 18.0 Å². The number of aryl methyl sites for hydroxylation is 2. The Morgan fingerprint density at radius 2 is 1.62 bits per heavy atom. The predicted molar refractivity (Wildman–Crippen MR) is 142 cm³/mol. The molecule has 190 valence electrons. The van der Waals surface area contributed by atoms with E-state index in [4.69, 9.17) is 4.74 Å². The van der Waals surface area contributed by atoms with Gasteiger partial charge >= 0.3 is 5.97 Å². The number of para-hydroxylation sites is 1. The molecule has 3 aromatic carbocycles. The van der Waals surface area contributed by atoms with Gasteiger partial charge in [-0.3, -0.25) is 9.59 Å². The summed E-state index contributed by atoms with van der Waals surface area (Å²) in [6, 6.07) is 22.8. The highest BCUT2D eigenvalue weighted by Gasteiger charge is 2.40. The molecule has 5 rings (SSSR count). The van der Waals surface area contributed by atoms with Gasteiger partial charge in [0.05, 0.1) is 16.2 Å². The molecular formula is C29H28N2O5S. The van der Waals surface area contributed by atoms with Crippen LogP contribution in [-0.2, 0) is 26.6 Å². The zero-order chi connectivity index (χ0) is 26.2. The van der Waals surface area contributed by atoms with Gasteiger partial charge in [0.1, 0.15) is 6.04 Å². The van der Waals surface area contributed by atoms with Crippen molar-refractivity contribution in [2.75, 3.05) is 13.2 Å². The van der Waals surface area contributed by atoms with Gasteiger partial charge in [-0.05, 0) is 43.5 Å². The average Bonchev–Trinajstić information content (AvgIpc) is 3.52. The Labute approximate surface area is 216 Å². The number of carbonyl (C=O) groups excluding carboxylic acids is 2. The summed E-state index contributed by atoms with van der Waals surface area (Å²) in [7, 11) is -1.96. The number of hydrogen-bond acceptors (Lipinski definition) is 5. The highest BCUT2D eigenvalue weighted by Crippen LogP contribution is 2.34. The van der Waals surface area contributed by atoms with E-state index in [2.05, 4.69) is 0 Å². The summed E-state index contributed by atoms with van der Waals surface area (Å²) in [5.41, 5.74) is 3.93. The molecule has 0 unspecified atom stereocenters. The van der Waals surface area contributed by atoms with E-state index in [-0.39, 0.29) is 17.2 Å². The molecule has 0 N–H and O–H groups in total. The van der Waals surface area contributed by atoms with Gasteiger partial charge in [0.15, 0.2) is 6.61 Å². The second kappa shape index (κ2) is 9.95. The van der Waals surface area contributed by atoms with Crippen molar-refractivity contribution >= 4 is 32.7 Å². The summed E-state index contributed by atoms with van der Waals surface area (Å²) in [4.78, 5) is 26.7. The van der Waals surface area contributed by atoms with Crippen LogP contribution in [-0.4, -0.2) is 48.2 Å². The molecule has 1 aromatic heterocycles. The maximum Gasteiger partial charge on any atom is 0.324 e. The topological polar surface area (TPSA) is 85.7 Å². The van der Waals surface area contributed by atoms with Crippen LogP contribution >= 0.6 is 0 Å². The maximum absolute atomic E-state index is 13.5. The molecule has 8 heteroatoms. The number of aromatic nitrogens is 1. The molecule has 1 saturated heterocycles. The quantitative estimate of drug-likeness (QED) is 0.262. The van der Waals surface area contributed by atoms with Gasteiger partial charge in [0.2, 0.25) is 15.8 Å². The fourth-order valence-electron chi connectivity index (χ4n) is 5.02. The summed E-state index contributed by atoms with van der Waals surface area (Å²) in [6.07, 6.45) is 0.891. The zero-order valence-corrected chi connectivity index (χ0v) is 21.6. The molecular weight excluding hydrogens is 488 g/mol. The largest absolute Gasteiger partial charge is 0.456 e. The van der Waals surface area contributed by atoms with Crippen LogP contribution in [0.4, 0.5) is 0 Å². The van der Waals surface area contributed by atoms with Crippen molar-refractivity contribution in [1.82, 2.24) is 8.87 Å². The van der Waals surface area contributed by atoms with E-state index in [0.717, 1.165) is 27.7 Å². The molecule has 0 spiro atoms. The monoisotopic (exact) mass is 516 g/mol. The molecule has 0 amide bonds. The van der Waals surface area contributed by atoms with Crippen LogP contribution in [0.1, 0.15) is 28.8 Å². The van der Waals surface area contributed by atoms with Crippen molar-refractivity contribution in [3.8, 4) is 11.3 Å². The van der Waals surface area contributed by atoms with Crippen LogP contribution in [0.25, 0.3) is 22.2 Å². The van der Waals surface area contributed by atoms with E-state index in [0.29, 0.717) is 18.4 Å². The minimum atomic E-state index is -3.86. The standard InChI is InChI=1S/C29H28N2O5S/c1-20-14-16-22(17-15-20)37(34,35)31-18-8-13-25(31)29(33)36-19-26(32)27-23-11-6-7-12-24(23)30(2)28(27)21-9-4-3-5-10-21/h3-7,9-12,14-17,25H,8,13,18-19H2,1-2H3/t25-/m0/s1. The van der Waals surface area contributed by atoms with Crippen molar-refractivity contribution in [2.45, 2.75) is 30.7 Å². The summed E-state index contributed by atoms with van der Waals surface area (Å²) in [5, 5.41) is 0.773. The summed E-state index contributed by atoms with van der Waals surface area (Å²) >= 11 is 0. The molecule has 7 nitrogen and oxygen atoms in total. The van der Waals surface area contributed by atoms with Gasteiger partial charge < -0.3 is 9.30 Å². The van der Waals surface area contributed by atoms with E-state index in [1.54, 1.807) is 24.3 Å². The zero-order valence-electron chi connectivity index (χ0n) is 20.8. The van der Waals surface area contributed by atoms with Crippen LogP contribution in [0, 0.1) is 6.92 Å². The van der Waals surface area contributed by atoms with Crippen molar-refractivity contribution in [1.29, 1.82) is 0 Å². The number of benzene rings is 3. The Balaban J connectivity index is 1.39. The third kappa shape index (κ3) is 4.58. The third-order valence-electron chi connectivity index (χ3n) is 6.88. The fraction of sp³-hybridized carbons (Fsp3) is 0.241. The van der Waals surface area contributed by atoms with Crippen LogP contribution in [0.15, 0.2) is 83.8 Å². The second-order valence-electron chi connectivity index (χ2n) is 9.28. The third-order valence-corrected chi connectivity index (χ3v) is 8.80. The Morgan fingerprint density at radius 1 is 0.946 bits per heavy atom. The minimum absolute atomic E-state index is 0.136. The van der Waals surface area contributed by atoms with Crippen LogP contribution < -0.4 is 0 Å².